The highest BCUT2D eigenvalue weighted by Gasteiger charge is 2.29. The Labute approximate surface area is 181 Å². The Morgan fingerprint density at radius 1 is 1.03 bits per heavy atom. The van der Waals surface area contributed by atoms with E-state index in [-0.39, 0.29) is 10.7 Å². The normalized spacial score (nSPS) is 15.8. The van der Waals surface area contributed by atoms with Gasteiger partial charge in [0.1, 0.15) is 11.6 Å². The van der Waals surface area contributed by atoms with Gasteiger partial charge in [-0.15, -0.1) is 0 Å². The van der Waals surface area contributed by atoms with Gasteiger partial charge in [-0.3, -0.25) is 4.90 Å². The Morgan fingerprint density at radius 2 is 1.71 bits per heavy atom. The molecule has 164 valence electrons. The van der Waals surface area contributed by atoms with E-state index < -0.39 is 10.0 Å². The van der Waals surface area contributed by atoms with Crippen LogP contribution in [0.15, 0.2) is 64.0 Å². The molecule has 0 aliphatic carbocycles. The van der Waals surface area contributed by atoms with Gasteiger partial charge < -0.3 is 9.15 Å². The Morgan fingerprint density at radius 3 is 2.35 bits per heavy atom. The minimum absolute atomic E-state index is 0.265. The number of sulfonamides is 1. The molecular weight excluding hydrogens is 421 g/mol. The molecule has 0 saturated carbocycles. The van der Waals surface area contributed by atoms with Crippen molar-refractivity contribution in [1.29, 1.82) is 0 Å². The number of hydrogen-bond acceptors (Lipinski definition) is 6. The van der Waals surface area contributed by atoms with E-state index in [0.717, 1.165) is 5.56 Å². The number of nitrogens with zero attached hydrogens (tertiary/aromatic N) is 3. The third-order valence-corrected chi connectivity index (χ3v) is 7.06. The Hall–Kier alpha value is -2.75. The van der Waals surface area contributed by atoms with Gasteiger partial charge >= 0.3 is 0 Å². The maximum atomic E-state index is 13.1. The molecule has 0 unspecified atom stereocenters. The summed E-state index contributed by atoms with van der Waals surface area (Å²) >= 11 is 0. The zero-order chi connectivity index (χ0) is 21.8. The van der Waals surface area contributed by atoms with Crippen LogP contribution in [0.5, 0.6) is 5.75 Å². The monoisotopic (exact) mass is 445 g/mol. The van der Waals surface area contributed by atoms with Crippen LogP contribution < -0.4 is 4.74 Å². The second-order valence-electron chi connectivity index (χ2n) is 7.21. The summed E-state index contributed by atoms with van der Waals surface area (Å²) in [5, 5.41) is 0. The summed E-state index contributed by atoms with van der Waals surface area (Å²) in [5.41, 5.74) is 0.756. The first-order chi connectivity index (χ1) is 15.0. The molecule has 4 rings (SSSR count). The fraction of sp³-hybridized carbons (Fsp3) is 0.318. The molecule has 2 heterocycles. The second-order valence-corrected chi connectivity index (χ2v) is 9.15. The predicted octanol–water partition coefficient (Wildman–Crippen LogP) is 3.39. The van der Waals surface area contributed by atoms with Crippen LogP contribution in [0.2, 0.25) is 0 Å². The maximum absolute atomic E-state index is 13.1. The van der Waals surface area contributed by atoms with E-state index in [1.165, 1.54) is 16.4 Å². The first kappa shape index (κ1) is 21.5. The van der Waals surface area contributed by atoms with Gasteiger partial charge in [-0.05, 0) is 55.5 Å². The molecule has 1 aromatic heterocycles. The van der Waals surface area contributed by atoms with Crippen molar-refractivity contribution in [2.45, 2.75) is 18.4 Å². The highest BCUT2D eigenvalue weighted by Crippen LogP contribution is 2.23. The van der Waals surface area contributed by atoms with E-state index in [1.807, 2.05) is 6.92 Å². The maximum Gasteiger partial charge on any atom is 0.243 e. The van der Waals surface area contributed by atoms with Crippen LogP contribution in [-0.2, 0) is 16.6 Å². The van der Waals surface area contributed by atoms with Gasteiger partial charge in [-0.1, -0.05) is 0 Å². The Balaban J connectivity index is 1.35. The quantitative estimate of drug-likeness (QED) is 0.555. The van der Waals surface area contributed by atoms with E-state index in [1.54, 1.807) is 42.6 Å². The van der Waals surface area contributed by atoms with Crippen LogP contribution >= 0.6 is 0 Å². The van der Waals surface area contributed by atoms with Crippen molar-refractivity contribution >= 4 is 10.0 Å². The zero-order valence-electron chi connectivity index (χ0n) is 17.2. The summed E-state index contributed by atoms with van der Waals surface area (Å²) < 4.78 is 51.6. The molecule has 0 atom stereocenters. The highest BCUT2D eigenvalue weighted by atomic mass is 32.2. The minimum atomic E-state index is -3.54. The van der Waals surface area contributed by atoms with Gasteiger partial charge in [0.15, 0.2) is 5.76 Å². The van der Waals surface area contributed by atoms with Gasteiger partial charge in [0.05, 0.1) is 24.2 Å². The average molecular weight is 446 g/mol. The molecule has 7 nitrogen and oxygen atoms in total. The first-order valence-corrected chi connectivity index (χ1v) is 11.6. The van der Waals surface area contributed by atoms with Gasteiger partial charge in [0.2, 0.25) is 15.9 Å². The number of benzene rings is 2. The molecule has 31 heavy (non-hydrogen) atoms. The van der Waals surface area contributed by atoms with E-state index in [4.69, 9.17) is 9.15 Å². The second kappa shape index (κ2) is 9.17. The van der Waals surface area contributed by atoms with Crippen molar-refractivity contribution < 1.29 is 22.0 Å². The van der Waals surface area contributed by atoms with Gasteiger partial charge in [0, 0.05) is 31.7 Å². The fourth-order valence-corrected chi connectivity index (χ4v) is 4.90. The van der Waals surface area contributed by atoms with Gasteiger partial charge in [-0.2, -0.15) is 4.31 Å². The molecule has 0 amide bonds. The molecule has 3 aromatic rings. The molecule has 9 heteroatoms. The number of hydrogen-bond donors (Lipinski definition) is 0. The molecule has 0 N–H and O–H groups in total. The van der Waals surface area contributed by atoms with Gasteiger partial charge in [0.25, 0.3) is 0 Å². The molecule has 1 aliphatic rings. The van der Waals surface area contributed by atoms with Crippen molar-refractivity contribution in [2.24, 2.45) is 0 Å². The molecule has 2 aromatic carbocycles. The lowest BCUT2D eigenvalue weighted by Crippen LogP contribution is -2.48. The SMILES string of the molecule is CCOc1ccc(S(=O)(=O)N2CCN(Cc3ncc(-c4ccc(F)cc4)o3)CC2)cc1. The van der Waals surface area contributed by atoms with E-state index in [9.17, 15) is 12.8 Å². The highest BCUT2D eigenvalue weighted by molar-refractivity contribution is 7.89. The van der Waals surface area contributed by atoms with Crippen LogP contribution in [0.1, 0.15) is 12.8 Å². The summed E-state index contributed by atoms with van der Waals surface area (Å²) in [4.78, 5) is 6.67. The molecule has 1 aliphatic heterocycles. The lowest BCUT2D eigenvalue weighted by Gasteiger charge is -2.33. The van der Waals surface area contributed by atoms with Crippen LogP contribution in [0.3, 0.4) is 0 Å². The molecule has 1 saturated heterocycles. The lowest BCUT2D eigenvalue weighted by molar-refractivity contribution is 0.168. The van der Waals surface area contributed by atoms with Crippen molar-refractivity contribution in [3.63, 3.8) is 0 Å². The summed E-state index contributed by atoms with van der Waals surface area (Å²) in [5.74, 6) is 1.47. The predicted molar refractivity (Wildman–Crippen MR) is 114 cm³/mol. The molecule has 1 fully saturated rings. The molecule has 0 radical (unpaired) electrons. The number of oxazole rings is 1. The van der Waals surface area contributed by atoms with Gasteiger partial charge in [-0.25, -0.2) is 17.8 Å². The van der Waals surface area contributed by atoms with Crippen LogP contribution in [0, 0.1) is 5.82 Å². The third-order valence-electron chi connectivity index (χ3n) is 5.14. The standard InChI is InChI=1S/C22H24FN3O4S/c1-2-29-19-7-9-20(10-8-19)31(27,28)26-13-11-25(12-14-26)16-22-24-15-21(30-22)17-3-5-18(23)6-4-17/h3-10,15H,2,11-14,16H2,1H3. The first-order valence-electron chi connectivity index (χ1n) is 10.1. The Kier molecular flexibility index (Phi) is 6.35. The van der Waals surface area contributed by atoms with E-state index >= 15 is 0 Å². The largest absolute Gasteiger partial charge is 0.494 e. The zero-order valence-corrected chi connectivity index (χ0v) is 18.0. The summed E-state index contributed by atoms with van der Waals surface area (Å²) in [6.07, 6.45) is 1.62. The summed E-state index contributed by atoms with van der Waals surface area (Å²) in [6.45, 7) is 4.82. The van der Waals surface area contributed by atoms with Crippen LogP contribution in [0.25, 0.3) is 11.3 Å². The number of halogens is 1. The minimum Gasteiger partial charge on any atom is -0.494 e. The molecular formula is C22H24FN3O4S. The molecule has 0 bridgehead atoms. The molecule has 0 spiro atoms. The topological polar surface area (TPSA) is 75.9 Å². The number of rotatable bonds is 7. The van der Waals surface area contributed by atoms with Crippen LogP contribution in [-0.4, -0.2) is 55.4 Å². The fourth-order valence-electron chi connectivity index (χ4n) is 3.47. The lowest BCUT2D eigenvalue weighted by atomic mass is 10.2. The number of piperazine rings is 1. The van der Waals surface area contributed by atoms with Crippen molar-refractivity contribution in [2.75, 3.05) is 32.8 Å². The summed E-state index contributed by atoms with van der Waals surface area (Å²) in [6, 6.07) is 12.5. The smallest absolute Gasteiger partial charge is 0.243 e. The average Bonchev–Trinajstić information content (AvgIpc) is 3.24. The Bertz CT molecular complexity index is 1110. The van der Waals surface area contributed by atoms with E-state index in [2.05, 4.69) is 9.88 Å². The van der Waals surface area contributed by atoms with Crippen molar-refractivity contribution in [3.8, 4) is 17.1 Å². The number of aromatic nitrogens is 1. The van der Waals surface area contributed by atoms with Crippen molar-refractivity contribution in [1.82, 2.24) is 14.2 Å². The van der Waals surface area contributed by atoms with Crippen LogP contribution in [0.4, 0.5) is 4.39 Å². The van der Waals surface area contributed by atoms with E-state index in [0.29, 0.717) is 56.7 Å². The summed E-state index contributed by atoms with van der Waals surface area (Å²) in [7, 11) is -3.54. The van der Waals surface area contributed by atoms with Crippen molar-refractivity contribution in [3.05, 3.63) is 66.4 Å². The number of ether oxygens (including phenoxy) is 1. The third kappa shape index (κ3) is 4.95.